The molecule has 0 radical (unpaired) electrons. The lowest BCUT2D eigenvalue weighted by Crippen LogP contribution is -2.37. The van der Waals surface area contributed by atoms with Gasteiger partial charge in [0.25, 0.3) is 0 Å². The van der Waals surface area contributed by atoms with E-state index in [2.05, 4.69) is 39.8 Å². The minimum Gasteiger partial charge on any atom is -0.497 e. The Kier molecular flexibility index (Phi) is 6.33. The summed E-state index contributed by atoms with van der Waals surface area (Å²) in [6.07, 6.45) is 4.53. The number of rotatable bonds is 7. The number of nitrogens with one attached hydrogen (secondary N) is 2. The van der Waals surface area contributed by atoms with Gasteiger partial charge >= 0.3 is 0 Å². The summed E-state index contributed by atoms with van der Waals surface area (Å²) in [5.74, 6) is 2.59. The van der Waals surface area contributed by atoms with Gasteiger partial charge in [0.05, 0.1) is 12.6 Å². The van der Waals surface area contributed by atoms with Crippen LogP contribution in [0.3, 0.4) is 0 Å². The summed E-state index contributed by atoms with van der Waals surface area (Å²) in [5.41, 5.74) is 2.24. The van der Waals surface area contributed by atoms with Crippen LogP contribution in [0.4, 0.5) is 11.8 Å². The van der Waals surface area contributed by atoms with E-state index in [4.69, 9.17) is 14.7 Å². The molecule has 1 aromatic heterocycles. The smallest absolute Gasteiger partial charge is 0.225 e. The summed E-state index contributed by atoms with van der Waals surface area (Å²) < 4.78 is 5.32. The Balaban J connectivity index is 1.33. The van der Waals surface area contributed by atoms with Crippen molar-refractivity contribution in [2.75, 3.05) is 31.4 Å². The maximum atomic E-state index is 5.32. The molecule has 1 saturated carbocycles. The quantitative estimate of drug-likeness (QED) is 0.614. The average molecular weight is 406 g/mol. The van der Waals surface area contributed by atoms with Crippen LogP contribution in [-0.4, -0.2) is 43.3 Å². The highest BCUT2D eigenvalue weighted by Crippen LogP contribution is 2.26. The van der Waals surface area contributed by atoms with Gasteiger partial charge in [-0.3, -0.25) is 0 Å². The standard InChI is InChI=1S/C24H31N5O/c1-29(2)23-21-9-4-5-10-22(21)27-24(28-23)26-19-13-11-18(12-14-19)25-16-17-7-6-8-20(15-17)30-3/h4-10,15,18-19,25H,11-14,16H2,1-3H3,(H,26,27,28). The van der Waals surface area contributed by atoms with E-state index < -0.39 is 0 Å². The highest BCUT2D eigenvalue weighted by molar-refractivity contribution is 5.90. The van der Waals surface area contributed by atoms with Crippen molar-refractivity contribution in [1.29, 1.82) is 0 Å². The van der Waals surface area contributed by atoms with E-state index in [1.54, 1.807) is 7.11 Å². The number of hydrogen-bond acceptors (Lipinski definition) is 6. The van der Waals surface area contributed by atoms with Gasteiger partial charge in [0.2, 0.25) is 5.95 Å². The number of fused-ring (bicyclic) bond motifs is 1. The number of methoxy groups -OCH3 is 1. The molecule has 1 fully saturated rings. The second-order valence-electron chi connectivity index (χ2n) is 8.21. The first-order valence-corrected chi connectivity index (χ1v) is 10.7. The third-order valence-electron chi connectivity index (χ3n) is 5.80. The number of aromatic nitrogens is 2. The predicted molar refractivity (Wildman–Crippen MR) is 123 cm³/mol. The van der Waals surface area contributed by atoms with E-state index in [0.717, 1.165) is 60.6 Å². The third-order valence-corrected chi connectivity index (χ3v) is 5.80. The maximum Gasteiger partial charge on any atom is 0.225 e. The zero-order chi connectivity index (χ0) is 20.9. The Morgan fingerprint density at radius 3 is 2.50 bits per heavy atom. The monoisotopic (exact) mass is 405 g/mol. The largest absolute Gasteiger partial charge is 0.497 e. The van der Waals surface area contributed by atoms with Crippen LogP contribution in [-0.2, 0) is 6.54 Å². The molecule has 0 amide bonds. The van der Waals surface area contributed by atoms with Crippen LogP contribution >= 0.6 is 0 Å². The molecule has 3 aromatic rings. The van der Waals surface area contributed by atoms with E-state index >= 15 is 0 Å². The molecule has 0 atom stereocenters. The molecule has 1 heterocycles. The van der Waals surface area contributed by atoms with Crippen molar-refractivity contribution >= 4 is 22.7 Å². The molecule has 30 heavy (non-hydrogen) atoms. The summed E-state index contributed by atoms with van der Waals surface area (Å²) in [5, 5.41) is 8.37. The zero-order valence-electron chi connectivity index (χ0n) is 18.1. The van der Waals surface area contributed by atoms with Gasteiger partial charge in [-0.1, -0.05) is 24.3 Å². The number of anilines is 2. The van der Waals surface area contributed by atoms with Crippen molar-refractivity contribution in [3.05, 3.63) is 54.1 Å². The van der Waals surface area contributed by atoms with Crippen molar-refractivity contribution in [3.63, 3.8) is 0 Å². The highest BCUT2D eigenvalue weighted by Gasteiger charge is 2.22. The highest BCUT2D eigenvalue weighted by atomic mass is 16.5. The van der Waals surface area contributed by atoms with Gasteiger partial charge in [0.1, 0.15) is 11.6 Å². The van der Waals surface area contributed by atoms with Gasteiger partial charge in [-0.05, 0) is 55.5 Å². The van der Waals surface area contributed by atoms with Crippen molar-refractivity contribution < 1.29 is 4.74 Å². The third kappa shape index (κ3) is 4.82. The van der Waals surface area contributed by atoms with Crippen molar-refractivity contribution in [2.45, 2.75) is 44.3 Å². The Morgan fingerprint density at radius 1 is 0.967 bits per heavy atom. The average Bonchev–Trinajstić information content (AvgIpc) is 2.78. The van der Waals surface area contributed by atoms with Crippen molar-refractivity contribution in [2.24, 2.45) is 0 Å². The van der Waals surface area contributed by atoms with E-state index in [-0.39, 0.29) is 0 Å². The lowest BCUT2D eigenvalue weighted by atomic mass is 9.91. The Morgan fingerprint density at radius 2 is 1.73 bits per heavy atom. The maximum absolute atomic E-state index is 5.32. The topological polar surface area (TPSA) is 62.3 Å². The molecule has 6 nitrogen and oxygen atoms in total. The summed E-state index contributed by atoms with van der Waals surface area (Å²) in [4.78, 5) is 11.6. The summed E-state index contributed by atoms with van der Waals surface area (Å²) in [6, 6.07) is 17.4. The number of nitrogens with zero attached hydrogens (tertiary/aromatic N) is 3. The number of ether oxygens (including phenoxy) is 1. The molecule has 0 bridgehead atoms. The van der Waals surface area contributed by atoms with E-state index in [1.807, 2.05) is 38.4 Å². The molecule has 1 aliphatic rings. The molecule has 0 spiro atoms. The number of benzene rings is 2. The molecule has 6 heteroatoms. The van der Waals surface area contributed by atoms with Gasteiger partial charge in [-0.2, -0.15) is 4.98 Å². The fourth-order valence-corrected chi connectivity index (χ4v) is 4.13. The number of hydrogen-bond donors (Lipinski definition) is 2. The summed E-state index contributed by atoms with van der Waals surface area (Å²) >= 11 is 0. The zero-order valence-corrected chi connectivity index (χ0v) is 18.1. The van der Waals surface area contributed by atoms with Crippen LogP contribution in [0, 0.1) is 0 Å². The minimum atomic E-state index is 0.413. The van der Waals surface area contributed by atoms with E-state index in [9.17, 15) is 0 Å². The second kappa shape index (κ2) is 9.30. The summed E-state index contributed by atoms with van der Waals surface area (Å²) in [7, 11) is 5.76. The molecule has 4 rings (SSSR count). The van der Waals surface area contributed by atoms with E-state index in [1.165, 1.54) is 5.56 Å². The first-order valence-electron chi connectivity index (χ1n) is 10.7. The van der Waals surface area contributed by atoms with Gasteiger partial charge in [-0.25, -0.2) is 4.98 Å². The van der Waals surface area contributed by atoms with Crippen LogP contribution in [0.25, 0.3) is 10.9 Å². The lowest BCUT2D eigenvalue weighted by molar-refractivity contribution is 0.352. The first-order chi connectivity index (χ1) is 14.6. The molecule has 2 N–H and O–H groups in total. The molecule has 0 saturated heterocycles. The molecular formula is C24H31N5O. The fourth-order valence-electron chi connectivity index (χ4n) is 4.13. The molecule has 2 aromatic carbocycles. The van der Waals surface area contributed by atoms with Crippen molar-refractivity contribution in [1.82, 2.24) is 15.3 Å². The van der Waals surface area contributed by atoms with Crippen LogP contribution in [0.2, 0.25) is 0 Å². The van der Waals surface area contributed by atoms with Crippen LogP contribution in [0.15, 0.2) is 48.5 Å². The molecular weight excluding hydrogens is 374 g/mol. The lowest BCUT2D eigenvalue weighted by Gasteiger charge is -2.30. The second-order valence-corrected chi connectivity index (χ2v) is 8.21. The van der Waals surface area contributed by atoms with Crippen LogP contribution in [0.5, 0.6) is 5.75 Å². The Hall–Kier alpha value is -2.86. The fraction of sp³-hybridized carbons (Fsp3) is 0.417. The van der Waals surface area contributed by atoms with Gasteiger partial charge < -0.3 is 20.3 Å². The SMILES string of the molecule is COc1cccc(CNC2CCC(Nc3nc(N(C)C)c4ccccc4n3)CC2)c1. The van der Waals surface area contributed by atoms with Crippen LogP contribution < -0.4 is 20.3 Å². The Labute approximate surface area is 178 Å². The van der Waals surface area contributed by atoms with Gasteiger partial charge in [0.15, 0.2) is 0 Å². The summed E-state index contributed by atoms with van der Waals surface area (Å²) in [6.45, 7) is 0.875. The van der Waals surface area contributed by atoms with Crippen molar-refractivity contribution in [3.8, 4) is 5.75 Å². The minimum absolute atomic E-state index is 0.413. The van der Waals surface area contributed by atoms with Gasteiger partial charge in [-0.15, -0.1) is 0 Å². The Bertz CT molecular complexity index is 982. The molecule has 1 aliphatic carbocycles. The van der Waals surface area contributed by atoms with E-state index in [0.29, 0.717) is 12.1 Å². The normalized spacial score (nSPS) is 18.9. The molecule has 0 unspecified atom stereocenters. The number of para-hydroxylation sites is 1. The first kappa shape index (κ1) is 20.4. The van der Waals surface area contributed by atoms with Gasteiger partial charge in [0, 0.05) is 38.1 Å². The van der Waals surface area contributed by atoms with Crippen LogP contribution in [0.1, 0.15) is 31.2 Å². The molecule has 158 valence electrons. The molecule has 0 aliphatic heterocycles. The predicted octanol–water partition coefficient (Wildman–Crippen LogP) is 4.22.